The van der Waals surface area contributed by atoms with Crippen LogP contribution in [0.2, 0.25) is 0 Å². The Bertz CT molecular complexity index is 218. The fourth-order valence-corrected chi connectivity index (χ4v) is 3.50. The molecule has 0 aromatic heterocycles. The van der Waals surface area contributed by atoms with Gasteiger partial charge < -0.3 is 5.32 Å². The summed E-state index contributed by atoms with van der Waals surface area (Å²) < 4.78 is 0. The average Bonchev–Trinajstić information content (AvgIpc) is 2.32. The zero-order chi connectivity index (χ0) is 10.6. The molecular weight excluding hydrogens is 182 g/mol. The molecule has 0 saturated heterocycles. The van der Waals surface area contributed by atoms with Gasteiger partial charge in [-0.15, -0.1) is 0 Å². The van der Waals surface area contributed by atoms with Crippen LogP contribution in [0.5, 0.6) is 0 Å². The van der Waals surface area contributed by atoms with E-state index in [1.54, 1.807) is 5.57 Å². The van der Waals surface area contributed by atoms with Gasteiger partial charge >= 0.3 is 0 Å². The molecule has 0 radical (unpaired) electrons. The third kappa shape index (κ3) is 2.44. The quantitative estimate of drug-likeness (QED) is 0.696. The molecule has 0 heterocycles. The maximum absolute atomic E-state index is 3.43. The summed E-state index contributed by atoms with van der Waals surface area (Å²) in [7, 11) is 2.11. The van der Waals surface area contributed by atoms with Gasteiger partial charge in [-0.2, -0.15) is 0 Å². The monoisotopic (exact) mass is 207 g/mol. The van der Waals surface area contributed by atoms with Gasteiger partial charge in [0.2, 0.25) is 0 Å². The minimum Gasteiger partial charge on any atom is -0.319 e. The first-order valence-electron chi connectivity index (χ1n) is 6.71. The van der Waals surface area contributed by atoms with Gasteiger partial charge in [0.05, 0.1) is 0 Å². The van der Waals surface area contributed by atoms with E-state index in [2.05, 4.69) is 18.4 Å². The molecule has 2 aliphatic carbocycles. The molecule has 1 fully saturated rings. The topological polar surface area (TPSA) is 12.0 Å². The Labute approximate surface area is 94.3 Å². The Balaban J connectivity index is 2.12. The van der Waals surface area contributed by atoms with Crippen molar-refractivity contribution >= 4 is 0 Å². The number of hydrogen-bond acceptors (Lipinski definition) is 1. The highest BCUT2D eigenvalue weighted by atomic mass is 14.8. The largest absolute Gasteiger partial charge is 0.319 e. The van der Waals surface area contributed by atoms with Gasteiger partial charge in [-0.25, -0.2) is 0 Å². The third-order valence-corrected chi connectivity index (χ3v) is 4.30. The van der Waals surface area contributed by atoms with Gasteiger partial charge in [0.1, 0.15) is 0 Å². The zero-order valence-corrected chi connectivity index (χ0v) is 10.1. The van der Waals surface area contributed by atoms with Crippen LogP contribution in [0.25, 0.3) is 0 Å². The Morgan fingerprint density at radius 3 is 2.53 bits per heavy atom. The van der Waals surface area contributed by atoms with Gasteiger partial charge in [-0.3, -0.25) is 0 Å². The first kappa shape index (κ1) is 11.2. The third-order valence-electron chi connectivity index (χ3n) is 4.30. The Morgan fingerprint density at radius 2 is 1.93 bits per heavy atom. The molecule has 0 atom stereocenters. The normalized spacial score (nSPS) is 26.1. The van der Waals surface area contributed by atoms with Crippen molar-refractivity contribution < 1.29 is 0 Å². The highest BCUT2D eigenvalue weighted by Gasteiger charge is 2.34. The van der Waals surface area contributed by atoms with E-state index in [0.717, 1.165) is 0 Å². The molecule has 2 aliphatic rings. The van der Waals surface area contributed by atoms with Crippen LogP contribution < -0.4 is 5.32 Å². The molecule has 0 unspecified atom stereocenters. The Hall–Kier alpha value is -0.300. The lowest BCUT2D eigenvalue weighted by molar-refractivity contribution is 0.224. The highest BCUT2D eigenvalue weighted by Crippen LogP contribution is 2.45. The molecule has 0 aromatic carbocycles. The van der Waals surface area contributed by atoms with Gasteiger partial charge in [0.15, 0.2) is 0 Å². The van der Waals surface area contributed by atoms with Crippen molar-refractivity contribution in [1.82, 2.24) is 5.32 Å². The molecule has 2 rings (SSSR count). The lowest BCUT2D eigenvalue weighted by atomic mass is 9.66. The first-order chi connectivity index (χ1) is 7.37. The number of allylic oxidation sites excluding steroid dienone is 1. The summed E-state index contributed by atoms with van der Waals surface area (Å²) in [4.78, 5) is 0. The maximum atomic E-state index is 3.43. The van der Waals surface area contributed by atoms with E-state index in [9.17, 15) is 0 Å². The van der Waals surface area contributed by atoms with Crippen LogP contribution in [-0.2, 0) is 0 Å². The molecule has 1 N–H and O–H groups in total. The van der Waals surface area contributed by atoms with E-state index in [1.807, 2.05) is 0 Å². The SMILES string of the molecule is CNCC1(C2=CCCCC2)CCCCC1. The summed E-state index contributed by atoms with van der Waals surface area (Å²) in [5.74, 6) is 0. The Morgan fingerprint density at radius 1 is 1.13 bits per heavy atom. The fraction of sp³-hybridized carbons (Fsp3) is 0.857. The summed E-state index contributed by atoms with van der Waals surface area (Å²) in [5.41, 5.74) is 2.34. The van der Waals surface area contributed by atoms with E-state index in [0.29, 0.717) is 5.41 Å². The standard InChI is InChI=1S/C14H25N/c1-15-12-14(10-6-3-7-11-14)13-8-4-2-5-9-13/h8,15H,2-7,9-12H2,1H3. The van der Waals surface area contributed by atoms with E-state index in [-0.39, 0.29) is 0 Å². The van der Waals surface area contributed by atoms with Crippen LogP contribution in [-0.4, -0.2) is 13.6 Å². The minimum absolute atomic E-state index is 0.549. The van der Waals surface area contributed by atoms with E-state index < -0.39 is 0 Å². The van der Waals surface area contributed by atoms with Crippen LogP contribution in [0.15, 0.2) is 11.6 Å². The number of rotatable bonds is 3. The smallest absolute Gasteiger partial charge is 0.00422 e. The van der Waals surface area contributed by atoms with Crippen molar-refractivity contribution in [3.63, 3.8) is 0 Å². The van der Waals surface area contributed by atoms with E-state index in [4.69, 9.17) is 0 Å². The predicted octanol–water partition coefficient (Wildman–Crippen LogP) is 3.66. The van der Waals surface area contributed by atoms with Crippen LogP contribution >= 0.6 is 0 Å². The molecule has 1 heteroatoms. The zero-order valence-electron chi connectivity index (χ0n) is 10.1. The summed E-state index contributed by atoms with van der Waals surface area (Å²) in [5, 5.41) is 3.43. The lowest BCUT2D eigenvalue weighted by Crippen LogP contribution is -2.36. The molecule has 0 amide bonds. The van der Waals surface area contributed by atoms with Crippen LogP contribution in [0.1, 0.15) is 57.8 Å². The molecule has 1 nitrogen and oxygen atoms in total. The highest BCUT2D eigenvalue weighted by molar-refractivity contribution is 5.18. The molecule has 15 heavy (non-hydrogen) atoms. The molecule has 0 aromatic rings. The second-order valence-electron chi connectivity index (χ2n) is 5.35. The Kier molecular flexibility index (Phi) is 3.85. The van der Waals surface area contributed by atoms with Crippen molar-refractivity contribution in [3.8, 4) is 0 Å². The van der Waals surface area contributed by atoms with Crippen molar-refractivity contribution in [2.45, 2.75) is 57.8 Å². The van der Waals surface area contributed by atoms with Gasteiger partial charge in [0.25, 0.3) is 0 Å². The molecule has 1 saturated carbocycles. The lowest BCUT2D eigenvalue weighted by Gasteiger charge is -2.41. The average molecular weight is 207 g/mol. The summed E-state index contributed by atoms with van der Waals surface area (Å²) >= 11 is 0. The van der Waals surface area contributed by atoms with Gasteiger partial charge in [0, 0.05) is 12.0 Å². The van der Waals surface area contributed by atoms with Crippen LogP contribution in [0.3, 0.4) is 0 Å². The predicted molar refractivity (Wildman–Crippen MR) is 66.0 cm³/mol. The second kappa shape index (κ2) is 5.16. The summed E-state index contributed by atoms with van der Waals surface area (Å²) in [6.07, 6.45) is 15.3. The van der Waals surface area contributed by atoms with Crippen molar-refractivity contribution in [2.75, 3.05) is 13.6 Å². The number of nitrogens with one attached hydrogen (secondary N) is 1. The van der Waals surface area contributed by atoms with Crippen molar-refractivity contribution in [2.24, 2.45) is 5.41 Å². The maximum Gasteiger partial charge on any atom is 0.00422 e. The van der Waals surface area contributed by atoms with Crippen LogP contribution in [0, 0.1) is 5.41 Å². The molecule has 0 aliphatic heterocycles. The number of hydrogen-bond donors (Lipinski definition) is 1. The van der Waals surface area contributed by atoms with Crippen molar-refractivity contribution in [3.05, 3.63) is 11.6 Å². The minimum atomic E-state index is 0.549. The fourth-order valence-electron chi connectivity index (χ4n) is 3.50. The van der Waals surface area contributed by atoms with Gasteiger partial charge in [-0.1, -0.05) is 30.9 Å². The van der Waals surface area contributed by atoms with E-state index in [1.165, 1.54) is 64.3 Å². The molecule has 86 valence electrons. The van der Waals surface area contributed by atoms with Crippen molar-refractivity contribution in [1.29, 1.82) is 0 Å². The summed E-state index contributed by atoms with van der Waals surface area (Å²) in [6, 6.07) is 0. The summed E-state index contributed by atoms with van der Waals surface area (Å²) in [6.45, 7) is 1.21. The second-order valence-corrected chi connectivity index (χ2v) is 5.35. The molecule has 0 spiro atoms. The molecule has 0 bridgehead atoms. The first-order valence-corrected chi connectivity index (χ1v) is 6.71. The molecular formula is C14H25N. The van der Waals surface area contributed by atoms with Crippen LogP contribution in [0.4, 0.5) is 0 Å². The van der Waals surface area contributed by atoms with Gasteiger partial charge in [-0.05, 0) is 45.6 Å². The van der Waals surface area contributed by atoms with E-state index >= 15 is 0 Å².